The van der Waals surface area contributed by atoms with Gasteiger partial charge >= 0.3 is 5.97 Å². The van der Waals surface area contributed by atoms with E-state index in [9.17, 15) is 4.79 Å². The zero-order valence-corrected chi connectivity index (χ0v) is 14.2. The van der Waals surface area contributed by atoms with Gasteiger partial charge in [0, 0.05) is 4.47 Å². The van der Waals surface area contributed by atoms with E-state index in [1.807, 2.05) is 61.5 Å². The summed E-state index contributed by atoms with van der Waals surface area (Å²) in [6.07, 6.45) is 0. The molecule has 0 fully saturated rings. The van der Waals surface area contributed by atoms with Crippen LogP contribution in [0.4, 0.5) is 0 Å². The summed E-state index contributed by atoms with van der Waals surface area (Å²) < 4.78 is 6.43. The van der Waals surface area contributed by atoms with E-state index in [0.717, 1.165) is 21.2 Å². The molecular weight excluding hydrogens is 352 g/mol. The zero-order valence-electron chi connectivity index (χ0n) is 12.6. The van der Waals surface area contributed by atoms with E-state index in [4.69, 9.17) is 4.74 Å². The average molecular weight is 367 g/mol. The molecule has 0 aromatic heterocycles. The first-order chi connectivity index (χ1) is 11.1. The molecule has 3 aromatic carbocycles. The van der Waals surface area contributed by atoms with Crippen molar-refractivity contribution in [1.29, 1.82) is 0 Å². The molecule has 0 unspecified atom stereocenters. The standard InChI is InChI=1S/C20H15BrO2/c1-14-13-18(21)11-12-19(14)23-20(22)17-9-7-16(8-10-17)15-5-3-2-4-6-15/h2-13H,1H3. The second kappa shape index (κ2) is 6.80. The number of esters is 1. The number of hydrogen-bond donors (Lipinski definition) is 0. The van der Waals surface area contributed by atoms with Crippen LogP contribution in [0.2, 0.25) is 0 Å². The minimum atomic E-state index is -0.352. The van der Waals surface area contributed by atoms with Crippen LogP contribution in [-0.2, 0) is 0 Å². The molecule has 0 bridgehead atoms. The minimum Gasteiger partial charge on any atom is -0.423 e. The van der Waals surface area contributed by atoms with Crippen LogP contribution in [0.15, 0.2) is 77.3 Å². The third-order valence-electron chi connectivity index (χ3n) is 3.57. The quantitative estimate of drug-likeness (QED) is 0.442. The van der Waals surface area contributed by atoms with Crippen molar-refractivity contribution in [1.82, 2.24) is 0 Å². The molecule has 0 saturated carbocycles. The molecule has 2 nitrogen and oxygen atoms in total. The van der Waals surface area contributed by atoms with Gasteiger partial charge in [0.1, 0.15) is 5.75 Å². The topological polar surface area (TPSA) is 26.3 Å². The lowest BCUT2D eigenvalue weighted by atomic mass is 10.0. The monoisotopic (exact) mass is 366 g/mol. The molecule has 3 aromatic rings. The van der Waals surface area contributed by atoms with Gasteiger partial charge in [-0.3, -0.25) is 0 Å². The fourth-order valence-corrected chi connectivity index (χ4v) is 2.79. The molecule has 0 aliphatic carbocycles. The number of hydrogen-bond acceptors (Lipinski definition) is 2. The number of ether oxygens (including phenoxy) is 1. The highest BCUT2D eigenvalue weighted by Gasteiger charge is 2.10. The van der Waals surface area contributed by atoms with Crippen molar-refractivity contribution >= 4 is 21.9 Å². The van der Waals surface area contributed by atoms with Crippen molar-refractivity contribution in [3.05, 3.63) is 88.4 Å². The van der Waals surface area contributed by atoms with E-state index in [1.54, 1.807) is 18.2 Å². The van der Waals surface area contributed by atoms with Crippen LogP contribution < -0.4 is 4.74 Å². The van der Waals surface area contributed by atoms with Crippen molar-refractivity contribution in [2.45, 2.75) is 6.92 Å². The van der Waals surface area contributed by atoms with E-state index in [-0.39, 0.29) is 5.97 Å². The zero-order chi connectivity index (χ0) is 16.2. The van der Waals surface area contributed by atoms with Gasteiger partial charge in [0.25, 0.3) is 0 Å². The van der Waals surface area contributed by atoms with E-state index in [0.29, 0.717) is 11.3 Å². The molecule has 3 rings (SSSR count). The highest BCUT2D eigenvalue weighted by molar-refractivity contribution is 9.10. The lowest BCUT2D eigenvalue weighted by molar-refractivity contribution is 0.0733. The highest BCUT2D eigenvalue weighted by Crippen LogP contribution is 2.24. The molecule has 0 atom stereocenters. The molecule has 0 amide bonds. The van der Waals surface area contributed by atoms with E-state index in [1.165, 1.54) is 0 Å². The van der Waals surface area contributed by atoms with Gasteiger partial charge in [-0.25, -0.2) is 4.79 Å². The Morgan fingerprint density at radius 2 is 1.52 bits per heavy atom. The highest BCUT2D eigenvalue weighted by atomic mass is 79.9. The third-order valence-corrected chi connectivity index (χ3v) is 4.06. The molecule has 0 spiro atoms. The second-order valence-corrected chi connectivity index (χ2v) is 6.16. The van der Waals surface area contributed by atoms with Gasteiger partial charge in [-0.2, -0.15) is 0 Å². The predicted molar refractivity (Wildman–Crippen MR) is 95.7 cm³/mol. The SMILES string of the molecule is Cc1cc(Br)ccc1OC(=O)c1ccc(-c2ccccc2)cc1. The Hall–Kier alpha value is -2.39. The van der Waals surface area contributed by atoms with Gasteiger partial charge in [-0.1, -0.05) is 58.4 Å². The Kier molecular flexibility index (Phi) is 4.58. The third kappa shape index (κ3) is 3.69. The smallest absolute Gasteiger partial charge is 0.343 e. The first kappa shape index (κ1) is 15.5. The average Bonchev–Trinajstić information content (AvgIpc) is 2.58. The summed E-state index contributed by atoms with van der Waals surface area (Å²) in [5, 5.41) is 0. The maximum Gasteiger partial charge on any atom is 0.343 e. The minimum absolute atomic E-state index is 0.352. The number of rotatable bonds is 3. The van der Waals surface area contributed by atoms with Crippen LogP contribution in [0, 0.1) is 6.92 Å². The van der Waals surface area contributed by atoms with Crippen LogP contribution in [0.3, 0.4) is 0 Å². The number of benzene rings is 3. The van der Waals surface area contributed by atoms with Crippen LogP contribution >= 0.6 is 15.9 Å². The first-order valence-electron chi connectivity index (χ1n) is 7.27. The fourth-order valence-electron chi connectivity index (χ4n) is 2.32. The molecule has 3 heteroatoms. The Bertz CT molecular complexity index is 824. The van der Waals surface area contributed by atoms with Gasteiger partial charge in [0.05, 0.1) is 5.56 Å². The van der Waals surface area contributed by atoms with Gasteiger partial charge < -0.3 is 4.74 Å². The summed E-state index contributed by atoms with van der Waals surface area (Å²) in [6.45, 7) is 1.91. The summed E-state index contributed by atoms with van der Waals surface area (Å²) in [6, 6.07) is 23.1. The van der Waals surface area contributed by atoms with Crippen molar-refractivity contribution in [2.75, 3.05) is 0 Å². The van der Waals surface area contributed by atoms with Gasteiger partial charge in [-0.05, 0) is 53.9 Å². The second-order valence-electron chi connectivity index (χ2n) is 5.24. The summed E-state index contributed by atoms with van der Waals surface area (Å²) in [5.74, 6) is 0.223. The summed E-state index contributed by atoms with van der Waals surface area (Å²) in [4.78, 5) is 12.3. The van der Waals surface area contributed by atoms with Crippen LogP contribution in [0.1, 0.15) is 15.9 Å². The van der Waals surface area contributed by atoms with Gasteiger partial charge in [0.15, 0.2) is 0 Å². The molecule has 0 aliphatic heterocycles. The maximum atomic E-state index is 12.3. The molecular formula is C20H15BrO2. The van der Waals surface area contributed by atoms with Crippen molar-refractivity contribution in [2.24, 2.45) is 0 Å². The van der Waals surface area contributed by atoms with E-state index in [2.05, 4.69) is 15.9 Å². The predicted octanol–water partition coefficient (Wildman–Crippen LogP) is 5.64. The molecule has 0 radical (unpaired) electrons. The number of halogens is 1. The Labute approximate surface area is 143 Å². The normalized spacial score (nSPS) is 10.3. The molecule has 0 saturated heterocycles. The lowest BCUT2D eigenvalue weighted by Gasteiger charge is -2.08. The Balaban J connectivity index is 1.78. The summed E-state index contributed by atoms with van der Waals surface area (Å²) in [7, 11) is 0. The van der Waals surface area contributed by atoms with E-state index < -0.39 is 0 Å². The molecule has 0 heterocycles. The van der Waals surface area contributed by atoms with Gasteiger partial charge in [-0.15, -0.1) is 0 Å². The lowest BCUT2D eigenvalue weighted by Crippen LogP contribution is -2.09. The van der Waals surface area contributed by atoms with Crippen LogP contribution in [-0.4, -0.2) is 5.97 Å². The first-order valence-corrected chi connectivity index (χ1v) is 8.06. The fraction of sp³-hybridized carbons (Fsp3) is 0.0500. The number of carbonyl (C=O) groups is 1. The van der Waals surface area contributed by atoms with Crippen LogP contribution in [0.5, 0.6) is 5.75 Å². The molecule has 114 valence electrons. The van der Waals surface area contributed by atoms with Gasteiger partial charge in [0.2, 0.25) is 0 Å². The Morgan fingerprint density at radius 1 is 0.870 bits per heavy atom. The Morgan fingerprint density at radius 3 is 2.17 bits per heavy atom. The van der Waals surface area contributed by atoms with E-state index >= 15 is 0 Å². The van der Waals surface area contributed by atoms with Crippen molar-refractivity contribution in [3.8, 4) is 16.9 Å². The molecule has 23 heavy (non-hydrogen) atoms. The largest absolute Gasteiger partial charge is 0.423 e. The maximum absolute atomic E-state index is 12.3. The van der Waals surface area contributed by atoms with Crippen LogP contribution in [0.25, 0.3) is 11.1 Å². The summed E-state index contributed by atoms with van der Waals surface area (Å²) >= 11 is 3.40. The van der Waals surface area contributed by atoms with Crippen molar-refractivity contribution in [3.63, 3.8) is 0 Å². The summed E-state index contributed by atoms with van der Waals surface area (Å²) in [5.41, 5.74) is 3.64. The molecule has 0 N–H and O–H groups in total. The molecule has 0 aliphatic rings. The van der Waals surface area contributed by atoms with Crippen molar-refractivity contribution < 1.29 is 9.53 Å². The number of carbonyl (C=O) groups excluding carboxylic acids is 1. The number of aryl methyl sites for hydroxylation is 1.